The predicted molar refractivity (Wildman–Crippen MR) is 111 cm³/mol. The van der Waals surface area contributed by atoms with E-state index in [4.69, 9.17) is 9.47 Å². The fourth-order valence-corrected chi connectivity index (χ4v) is 2.63. The van der Waals surface area contributed by atoms with Crippen LogP contribution in [-0.2, 0) is 0 Å². The van der Waals surface area contributed by atoms with Crippen molar-refractivity contribution in [2.24, 2.45) is 4.99 Å². The Bertz CT molecular complexity index is 533. The maximum atomic E-state index is 5.62. The zero-order valence-corrected chi connectivity index (χ0v) is 17.1. The third-order valence-electron chi connectivity index (χ3n) is 4.02. The van der Waals surface area contributed by atoms with Crippen molar-refractivity contribution in [2.75, 3.05) is 53.3 Å². The molecule has 0 fully saturated rings. The molecule has 0 aliphatic heterocycles. The van der Waals surface area contributed by atoms with Crippen LogP contribution in [0.25, 0.3) is 0 Å². The third kappa shape index (κ3) is 8.94. The van der Waals surface area contributed by atoms with E-state index in [2.05, 4.69) is 34.6 Å². The van der Waals surface area contributed by atoms with E-state index in [9.17, 15) is 0 Å². The van der Waals surface area contributed by atoms with E-state index in [1.165, 1.54) is 32.2 Å². The molecule has 0 saturated heterocycles. The van der Waals surface area contributed by atoms with Gasteiger partial charge < -0.3 is 25.0 Å². The Kier molecular flexibility index (Phi) is 11.3. The molecule has 1 aromatic rings. The lowest BCUT2D eigenvalue weighted by Crippen LogP contribution is -2.31. The number of benzene rings is 1. The molecule has 0 saturated carbocycles. The SMILES string of the molecule is CCOc1cc(NC(=NC)NCCCCCCCN(C)C)ccc1OC. The average Bonchev–Trinajstić information content (AvgIpc) is 2.63. The van der Waals surface area contributed by atoms with Crippen molar-refractivity contribution in [3.63, 3.8) is 0 Å². The van der Waals surface area contributed by atoms with Crippen molar-refractivity contribution in [3.8, 4) is 11.5 Å². The first-order valence-electron chi connectivity index (χ1n) is 9.54. The summed E-state index contributed by atoms with van der Waals surface area (Å²) in [6, 6.07) is 5.78. The van der Waals surface area contributed by atoms with Crippen molar-refractivity contribution in [2.45, 2.75) is 39.0 Å². The Hall–Kier alpha value is -1.95. The van der Waals surface area contributed by atoms with Crippen LogP contribution in [0.3, 0.4) is 0 Å². The number of anilines is 1. The van der Waals surface area contributed by atoms with Gasteiger partial charge in [-0.25, -0.2) is 0 Å². The van der Waals surface area contributed by atoms with Gasteiger partial charge in [-0.2, -0.15) is 0 Å². The summed E-state index contributed by atoms with van der Waals surface area (Å²) in [6.07, 6.45) is 6.27. The molecule has 2 N–H and O–H groups in total. The van der Waals surface area contributed by atoms with Crippen LogP contribution in [0.2, 0.25) is 0 Å². The zero-order chi connectivity index (χ0) is 19.2. The Morgan fingerprint density at radius 3 is 2.46 bits per heavy atom. The van der Waals surface area contributed by atoms with Gasteiger partial charge in [-0.1, -0.05) is 19.3 Å². The topological polar surface area (TPSA) is 58.1 Å². The van der Waals surface area contributed by atoms with Gasteiger partial charge in [0.1, 0.15) is 0 Å². The molecule has 0 aliphatic rings. The van der Waals surface area contributed by atoms with Crippen molar-refractivity contribution in [1.82, 2.24) is 10.2 Å². The molecule has 148 valence electrons. The second-order valence-electron chi connectivity index (χ2n) is 6.49. The second kappa shape index (κ2) is 13.3. The fraction of sp³-hybridized carbons (Fsp3) is 0.650. The highest BCUT2D eigenvalue weighted by molar-refractivity contribution is 5.93. The quantitative estimate of drug-likeness (QED) is 0.337. The lowest BCUT2D eigenvalue weighted by Gasteiger charge is -2.14. The minimum atomic E-state index is 0.599. The number of ether oxygens (including phenoxy) is 2. The smallest absolute Gasteiger partial charge is 0.195 e. The lowest BCUT2D eigenvalue weighted by molar-refractivity contribution is 0.311. The number of guanidine groups is 1. The van der Waals surface area contributed by atoms with Gasteiger partial charge in [0.25, 0.3) is 0 Å². The predicted octanol–water partition coefficient (Wildman–Crippen LogP) is 3.59. The van der Waals surface area contributed by atoms with Crippen LogP contribution in [0.4, 0.5) is 5.69 Å². The van der Waals surface area contributed by atoms with E-state index in [1.54, 1.807) is 14.2 Å². The van der Waals surface area contributed by atoms with Crippen molar-refractivity contribution in [3.05, 3.63) is 18.2 Å². The van der Waals surface area contributed by atoms with E-state index in [0.29, 0.717) is 6.61 Å². The molecule has 26 heavy (non-hydrogen) atoms. The normalized spacial score (nSPS) is 11.5. The number of hydrogen-bond acceptors (Lipinski definition) is 4. The largest absolute Gasteiger partial charge is 0.493 e. The molecular weight excluding hydrogens is 328 g/mol. The molecule has 0 radical (unpaired) electrons. The van der Waals surface area contributed by atoms with Crippen LogP contribution in [0.5, 0.6) is 11.5 Å². The average molecular weight is 365 g/mol. The van der Waals surface area contributed by atoms with Crippen LogP contribution in [0.1, 0.15) is 39.0 Å². The van der Waals surface area contributed by atoms with Gasteiger partial charge in [-0.05, 0) is 52.5 Å². The summed E-state index contributed by atoms with van der Waals surface area (Å²) in [4.78, 5) is 6.53. The van der Waals surface area contributed by atoms with Gasteiger partial charge in [-0.15, -0.1) is 0 Å². The highest BCUT2D eigenvalue weighted by Crippen LogP contribution is 2.30. The fourth-order valence-electron chi connectivity index (χ4n) is 2.63. The van der Waals surface area contributed by atoms with Gasteiger partial charge >= 0.3 is 0 Å². The summed E-state index contributed by atoms with van der Waals surface area (Å²) >= 11 is 0. The van der Waals surface area contributed by atoms with Crippen LogP contribution in [0, 0.1) is 0 Å². The number of nitrogens with one attached hydrogen (secondary N) is 2. The summed E-state index contributed by atoms with van der Waals surface area (Å²) in [6.45, 7) is 4.66. The molecule has 6 heteroatoms. The van der Waals surface area contributed by atoms with E-state index < -0.39 is 0 Å². The van der Waals surface area contributed by atoms with Crippen molar-refractivity contribution in [1.29, 1.82) is 0 Å². The maximum Gasteiger partial charge on any atom is 0.195 e. The van der Waals surface area contributed by atoms with Crippen molar-refractivity contribution >= 4 is 11.6 Å². The molecule has 0 amide bonds. The first kappa shape index (κ1) is 22.1. The molecule has 1 aromatic carbocycles. The molecule has 1 rings (SSSR count). The van der Waals surface area contributed by atoms with E-state index in [0.717, 1.165) is 36.1 Å². The number of rotatable bonds is 12. The molecule has 0 atom stereocenters. The number of aliphatic imine (C=N–C) groups is 1. The first-order valence-corrected chi connectivity index (χ1v) is 9.54. The number of hydrogen-bond donors (Lipinski definition) is 2. The standard InChI is InChI=1S/C20H36N4O2/c1-6-26-19-16-17(12-13-18(19)25-5)23-20(21-2)22-14-10-8-7-9-11-15-24(3)4/h12-13,16H,6-11,14-15H2,1-5H3,(H2,21,22,23). The van der Waals surface area contributed by atoms with E-state index >= 15 is 0 Å². The zero-order valence-electron chi connectivity index (χ0n) is 17.1. The summed E-state index contributed by atoms with van der Waals surface area (Å²) in [5.74, 6) is 2.23. The lowest BCUT2D eigenvalue weighted by atomic mass is 10.1. The minimum absolute atomic E-state index is 0.599. The Morgan fingerprint density at radius 1 is 1.08 bits per heavy atom. The second-order valence-corrected chi connectivity index (χ2v) is 6.49. The number of nitrogens with zero attached hydrogens (tertiary/aromatic N) is 2. The molecular formula is C20H36N4O2. The highest BCUT2D eigenvalue weighted by atomic mass is 16.5. The molecule has 0 aromatic heterocycles. The van der Waals surface area contributed by atoms with E-state index in [1.807, 2.05) is 25.1 Å². The van der Waals surface area contributed by atoms with Crippen molar-refractivity contribution < 1.29 is 9.47 Å². The minimum Gasteiger partial charge on any atom is -0.493 e. The maximum absolute atomic E-state index is 5.62. The van der Waals surface area contributed by atoms with Gasteiger partial charge in [0.05, 0.1) is 13.7 Å². The Morgan fingerprint density at radius 2 is 1.81 bits per heavy atom. The van der Waals surface area contributed by atoms with Gasteiger partial charge in [0.2, 0.25) is 0 Å². The van der Waals surface area contributed by atoms with Gasteiger partial charge in [0.15, 0.2) is 17.5 Å². The number of unbranched alkanes of at least 4 members (excludes halogenated alkanes) is 4. The van der Waals surface area contributed by atoms with Crippen LogP contribution in [0.15, 0.2) is 23.2 Å². The summed E-state index contributed by atoms with van der Waals surface area (Å²) < 4.78 is 10.9. The molecule has 0 aliphatic carbocycles. The van der Waals surface area contributed by atoms with E-state index in [-0.39, 0.29) is 0 Å². The van der Waals surface area contributed by atoms with Crippen LogP contribution >= 0.6 is 0 Å². The molecule has 0 unspecified atom stereocenters. The highest BCUT2D eigenvalue weighted by Gasteiger charge is 2.06. The summed E-state index contributed by atoms with van der Waals surface area (Å²) in [5.41, 5.74) is 0.922. The molecule has 0 bridgehead atoms. The van der Waals surface area contributed by atoms with Crippen LogP contribution in [-0.4, -0.2) is 58.8 Å². The molecule has 0 spiro atoms. The Balaban J connectivity index is 2.33. The first-order chi connectivity index (χ1) is 12.6. The summed E-state index contributed by atoms with van der Waals surface area (Å²) in [5, 5.41) is 6.67. The van der Waals surface area contributed by atoms with Crippen LogP contribution < -0.4 is 20.1 Å². The Labute approximate surface area is 159 Å². The molecule has 0 heterocycles. The van der Waals surface area contributed by atoms with Gasteiger partial charge in [-0.3, -0.25) is 4.99 Å². The van der Waals surface area contributed by atoms with Gasteiger partial charge in [0, 0.05) is 25.3 Å². The monoisotopic (exact) mass is 364 g/mol. The molecule has 6 nitrogen and oxygen atoms in total. The third-order valence-corrected chi connectivity index (χ3v) is 4.02. The summed E-state index contributed by atoms with van der Waals surface area (Å²) in [7, 11) is 7.68. The number of methoxy groups -OCH3 is 1.